The van der Waals surface area contributed by atoms with Gasteiger partial charge in [-0.15, -0.1) is 0 Å². The van der Waals surface area contributed by atoms with Crippen LogP contribution in [0.3, 0.4) is 0 Å². The van der Waals surface area contributed by atoms with Crippen molar-refractivity contribution in [1.82, 2.24) is 14.8 Å². The molecule has 3 heterocycles. The van der Waals surface area contributed by atoms with Crippen LogP contribution in [0.1, 0.15) is 39.1 Å². The molecule has 1 N–H and O–H groups in total. The van der Waals surface area contributed by atoms with Crippen molar-refractivity contribution in [2.75, 3.05) is 20.1 Å². The van der Waals surface area contributed by atoms with Crippen LogP contribution in [0.4, 0.5) is 4.39 Å². The lowest BCUT2D eigenvalue weighted by Crippen LogP contribution is -2.45. The first kappa shape index (κ1) is 21.5. The number of hydrogen-bond donors (Lipinski definition) is 1. The quantitative estimate of drug-likeness (QED) is 0.595. The number of fused-ring (bicyclic) bond motifs is 3. The Bertz CT molecular complexity index is 1310. The first-order valence-electron chi connectivity index (χ1n) is 10.6. The van der Waals surface area contributed by atoms with Gasteiger partial charge in [0.2, 0.25) is 5.91 Å². The van der Waals surface area contributed by atoms with E-state index in [-0.39, 0.29) is 23.9 Å². The van der Waals surface area contributed by atoms with E-state index >= 15 is 0 Å². The zero-order valence-corrected chi connectivity index (χ0v) is 18.6. The minimum atomic E-state index is -0.836. The summed E-state index contributed by atoms with van der Waals surface area (Å²) in [4.78, 5) is 39.4. The lowest BCUT2D eigenvalue weighted by atomic mass is 9.83. The van der Waals surface area contributed by atoms with Crippen molar-refractivity contribution in [3.63, 3.8) is 0 Å². The van der Waals surface area contributed by atoms with Crippen molar-refractivity contribution in [2.45, 2.75) is 25.0 Å². The Labute approximate surface area is 194 Å². The third kappa shape index (κ3) is 3.54. The standard InChI is InChI=1S/C24H21ClFN3O4/c1-27-21(30)13-29-12-18(16-4-2-14(25)10-20(16)29)22(31)28-8-6-24(7-9-28)19-5-3-15(26)11-17(19)23(32)33-24/h2-5,10-12H,6-9,13H2,1H3,(H,27,30). The summed E-state index contributed by atoms with van der Waals surface area (Å²) < 4.78 is 21.0. The maximum absolute atomic E-state index is 13.6. The molecule has 1 aromatic heterocycles. The highest BCUT2D eigenvalue weighted by molar-refractivity contribution is 6.31. The van der Waals surface area contributed by atoms with Gasteiger partial charge in [-0.05, 0) is 24.3 Å². The van der Waals surface area contributed by atoms with Gasteiger partial charge in [0.1, 0.15) is 18.0 Å². The van der Waals surface area contributed by atoms with Crippen LogP contribution in [0.25, 0.3) is 10.9 Å². The van der Waals surface area contributed by atoms with Crippen LogP contribution in [0, 0.1) is 5.82 Å². The highest BCUT2D eigenvalue weighted by Gasteiger charge is 2.48. The Morgan fingerprint density at radius 2 is 1.94 bits per heavy atom. The molecule has 170 valence electrons. The molecule has 2 aromatic carbocycles. The summed E-state index contributed by atoms with van der Waals surface area (Å²) in [5, 5.41) is 3.80. The second-order valence-corrected chi connectivity index (χ2v) is 8.81. The first-order chi connectivity index (χ1) is 15.8. The number of nitrogens with one attached hydrogen (secondary N) is 1. The monoisotopic (exact) mass is 469 g/mol. The molecule has 5 rings (SSSR count). The number of piperidine rings is 1. The fraction of sp³-hybridized carbons (Fsp3) is 0.292. The van der Waals surface area contributed by atoms with E-state index in [1.165, 1.54) is 12.1 Å². The zero-order valence-electron chi connectivity index (χ0n) is 17.9. The number of halogens is 2. The molecular formula is C24H21ClFN3O4. The van der Waals surface area contributed by atoms with Gasteiger partial charge in [-0.2, -0.15) is 0 Å². The van der Waals surface area contributed by atoms with Gasteiger partial charge in [-0.3, -0.25) is 9.59 Å². The SMILES string of the molecule is CNC(=O)Cn1cc(C(=O)N2CCC3(CC2)OC(=O)c2cc(F)ccc23)c2ccc(Cl)cc21. The van der Waals surface area contributed by atoms with Gasteiger partial charge in [-0.1, -0.05) is 23.7 Å². The summed E-state index contributed by atoms with van der Waals surface area (Å²) in [6, 6.07) is 9.35. The molecule has 2 aliphatic rings. The van der Waals surface area contributed by atoms with Gasteiger partial charge in [0.05, 0.1) is 16.6 Å². The molecule has 1 saturated heterocycles. The van der Waals surface area contributed by atoms with Crippen molar-refractivity contribution >= 4 is 40.3 Å². The summed E-state index contributed by atoms with van der Waals surface area (Å²) in [7, 11) is 1.55. The number of nitrogens with zero attached hydrogens (tertiary/aromatic N) is 2. The molecule has 0 saturated carbocycles. The molecule has 0 unspecified atom stereocenters. The molecule has 0 bridgehead atoms. The molecular weight excluding hydrogens is 449 g/mol. The van der Waals surface area contributed by atoms with E-state index < -0.39 is 17.4 Å². The minimum Gasteiger partial charge on any atom is -0.450 e. The van der Waals surface area contributed by atoms with Gasteiger partial charge < -0.3 is 19.5 Å². The van der Waals surface area contributed by atoms with Crippen LogP contribution in [-0.4, -0.2) is 47.4 Å². The Hall–Kier alpha value is -3.39. The van der Waals surface area contributed by atoms with E-state index in [0.29, 0.717) is 53.0 Å². The second kappa shape index (κ2) is 7.88. The van der Waals surface area contributed by atoms with E-state index in [2.05, 4.69) is 5.32 Å². The average molecular weight is 470 g/mol. The summed E-state index contributed by atoms with van der Waals surface area (Å²) >= 11 is 6.16. The van der Waals surface area contributed by atoms with E-state index in [0.717, 1.165) is 0 Å². The van der Waals surface area contributed by atoms with Gasteiger partial charge >= 0.3 is 5.97 Å². The number of likely N-dealkylation sites (tertiary alicyclic amines) is 1. The largest absolute Gasteiger partial charge is 0.450 e. The van der Waals surface area contributed by atoms with Crippen molar-refractivity contribution in [3.8, 4) is 0 Å². The molecule has 0 radical (unpaired) electrons. The molecule has 2 amide bonds. The Balaban J connectivity index is 1.41. The number of ether oxygens (including phenoxy) is 1. The highest BCUT2D eigenvalue weighted by atomic mass is 35.5. The van der Waals surface area contributed by atoms with Gasteiger partial charge in [0.15, 0.2) is 0 Å². The van der Waals surface area contributed by atoms with Crippen LogP contribution < -0.4 is 5.32 Å². The number of rotatable bonds is 3. The van der Waals surface area contributed by atoms with E-state index in [1.807, 2.05) is 0 Å². The number of esters is 1. The van der Waals surface area contributed by atoms with Crippen LogP contribution in [0.15, 0.2) is 42.6 Å². The molecule has 2 aliphatic heterocycles. The maximum Gasteiger partial charge on any atom is 0.339 e. The fourth-order valence-corrected chi connectivity index (χ4v) is 4.95. The molecule has 9 heteroatoms. The number of carbonyl (C=O) groups is 3. The van der Waals surface area contributed by atoms with Crippen molar-refractivity contribution in [2.24, 2.45) is 0 Å². The third-order valence-electron chi connectivity index (χ3n) is 6.51. The first-order valence-corrected chi connectivity index (χ1v) is 11.0. The molecule has 0 aliphatic carbocycles. The van der Waals surface area contributed by atoms with Gasteiger partial charge in [-0.25, -0.2) is 9.18 Å². The predicted molar refractivity (Wildman–Crippen MR) is 120 cm³/mol. The van der Waals surface area contributed by atoms with Crippen molar-refractivity contribution in [1.29, 1.82) is 0 Å². The minimum absolute atomic E-state index is 0.0625. The van der Waals surface area contributed by atoms with E-state index in [4.69, 9.17) is 16.3 Å². The van der Waals surface area contributed by atoms with Crippen LogP contribution in [0.5, 0.6) is 0 Å². The molecule has 7 nitrogen and oxygen atoms in total. The van der Waals surface area contributed by atoms with Crippen molar-refractivity contribution in [3.05, 3.63) is 70.1 Å². The molecule has 3 aromatic rings. The number of benzene rings is 2. The summed E-state index contributed by atoms with van der Waals surface area (Å²) in [6.07, 6.45) is 2.52. The smallest absolute Gasteiger partial charge is 0.339 e. The lowest BCUT2D eigenvalue weighted by molar-refractivity contribution is -0.121. The molecule has 33 heavy (non-hydrogen) atoms. The summed E-state index contributed by atoms with van der Waals surface area (Å²) in [5.74, 6) is -1.37. The number of carbonyl (C=O) groups excluding carboxylic acids is 3. The summed E-state index contributed by atoms with van der Waals surface area (Å²) in [5.41, 5.74) is 1.27. The average Bonchev–Trinajstić information content (AvgIpc) is 3.28. The van der Waals surface area contributed by atoms with E-state index in [1.54, 1.807) is 47.0 Å². The highest BCUT2D eigenvalue weighted by Crippen LogP contribution is 2.44. The lowest BCUT2D eigenvalue weighted by Gasteiger charge is -2.38. The van der Waals surface area contributed by atoms with Crippen molar-refractivity contribution < 1.29 is 23.5 Å². The fourth-order valence-electron chi connectivity index (χ4n) is 4.78. The summed E-state index contributed by atoms with van der Waals surface area (Å²) in [6.45, 7) is 0.810. The normalized spacial score (nSPS) is 16.7. The predicted octanol–water partition coefficient (Wildman–Crippen LogP) is 3.48. The van der Waals surface area contributed by atoms with Crippen LogP contribution >= 0.6 is 11.6 Å². The van der Waals surface area contributed by atoms with E-state index in [9.17, 15) is 18.8 Å². The maximum atomic E-state index is 13.6. The second-order valence-electron chi connectivity index (χ2n) is 8.37. The topological polar surface area (TPSA) is 80.6 Å². The Morgan fingerprint density at radius 3 is 2.67 bits per heavy atom. The Morgan fingerprint density at radius 1 is 1.18 bits per heavy atom. The molecule has 1 spiro atoms. The zero-order chi connectivity index (χ0) is 23.3. The number of amides is 2. The number of likely N-dealkylation sites (N-methyl/N-ethyl adjacent to an activating group) is 1. The Kier molecular flexibility index (Phi) is 5.12. The molecule has 0 atom stereocenters. The number of hydrogen-bond acceptors (Lipinski definition) is 4. The van der Waals surface area contributed by atoms with Crippen LogP contribution in [-0.2, 0) is 21.7 Å². The van der Waals surface area contributed by atoms with Gasteiger partial charge in [0, 0.05) is 55.1 Å². The molecule has 1 fully saturated rings. The number of aromatic nitrogens is 1. The van der Waals surface area contributed by atoms with Gasteiger partial charge in [0.25, 0.3) is 5.91 Å². The third-order valence-corrected chi connectivity index (χ3v) is 6.74. The van der Waals surface area contributed by atoms with Crippen LogP contribution in [0.2, 0.25) is 5.02 Å².